The Morgan fingerprint density at radius 3 is 2.17 bits per heavy atom. The Balaban J connectivity index is 3.81. The molecule has 0 rings (SSSR count). The first-order valence-electron chi connectivity index (χ1n) is 6.33. The molecule has 0 aromatic rings. The average molecular weight is 274 g/mol. The number of nitrogens with zero attached hydrogens (tertiary/aromatic N) is 1. The van der Waals surface area contributed by atoms with Crippen molar-refractivity contribution in [2.45, 2.75) is 51.7 Å². The lowest BCUT2D eigenvalue weighted by Gasteiger charge is -2.23. The highest BCUT2D eigenvalue weighted by atomic mass is 32.2. The maximum Gasteiger partial charge on any atom is 0.153 e. The third kappa shape index (κ3) is 6.36. The van der Waals surface area contributed by atoms with Gasteiger partial charge in [-0.15, -0.1) is 0 Å². The molecule has 0 unspecified atom stereocenters. The van der Waals surface area contributed by atoms with Gasteiger partial charge in [0.15, 0.2) is 9.84 Å². The van der Waals surface area contributed by atoms with Crippen LogP contribution in [0.4, 0.5) is 0 Å². The molecule has 0 saturated heterocycles. The standard InChI is InChI=1S/C13H26N2O2S/c1-12(2,10-14)8-6-7-9-15-11-13(3,4)18(5,16)17/h15H,6-9,11H2,1-5H3. The molecule has 4 nitrogen and oxygen atoms in total. The van der Waals surface area contributed by atoms with E-state index in [4.69, 9.17) is 5.26 Å². The van der Waals surface area contributed by atoms with Gasteiger partial charge in [-0.25, -0.2) is 8.42 Å². The van der Waals surface area contributed by atoms with Gasteiger partial charge in [-0.1, -0.05) is 6.42 Å². The van der Waals surface area contributed by atoms with Crippen molar-refractivity contribution >= 4 is 9.84 Å². The highest BCUT2D eigenvalue weighted by molar-refractivity contribution is 7.92. The predicted molar refractivity (Wildman–Crippen MR) is 75.0 cm³/mol. The number of hydrogen-bond donors (Lipinski definition) is 1. The van der Waals surface area contributed by atoms with Crippen LogP contribution in [0.5, 0.6) is 0 Å². The normalized spacial score (nSPS) is 13.3. The van der Waals surface area contributed by atoms with Gasteiger partial charge in [-0.05, 0) is 47.1 Å². The molecule has 0 spiro atoms. The van der Waals surface area contributed by atoms with Gasteiger partial charge in [0.05, 0.1) is 16.2 Å². The lowest BCUT2D eigenvalue weighted by molar-refractivity contribution is 0.420. The Kier molecular flexibility index (Phi) is 6.32. The SMILES string of the molecule is CC(C)(C#N)CCCCNCC(C)(C)S(C)(=O)=O. The number of nitriles is 1. The maximum atomic E-state index is 11.5. The Hall–Kier alpha value is -0.600. The minimum atomic E-state index is -3.03. The van der Waals surface area contributed by atoms with E-state index >= 15 is 0 Å². The van der Waals surface area contributed by atoms with Crippen LogP contribution in [0.1, 0.15) is 47.0 Å². The minimum absolute atomic E-state index is 0.258. The van der Waals surface area contributed by atoms with Gasteiger partial charge < -0.3 is 5.32 Å². The molecular weight excluding hydrogens is 248 g/mol. The first kappa shape index (κ1) is 17.4. The van der Waals surface area contributed by atoms with Gasteiger partial charge in [0.25, 0.3) is 0 Å². The molecule has 0 saturated carbocycles. The monoisotopic (exact) mass is 274 g/mol. The molecule has 106 valence electrons. The van der Waals surface area contributed by atoms with Crippen molar-refractivity contribution in [1.82, 2.24) is 5.32 Å². The zero-order valence-electron chi connectivity index (χ0n) is 12.2. The van der Waals surface area contributed by atoms with E-state index in [-0.39, 0.29) is 5.41 Å². The second-order valence-electron chi connectivity index (χ2n) is 6.16. The fraction of sp³-hybridized carbons (Fsp3) is 0.923. The van der Waals surface area contributed by atoms with Crippen LogP contribution in [-0.4, -0.2) is 32.5 Å². The van der Waals surface area contributed by atoms with E-state index in [1.165, 1.54) is 6.26 Å². The van der Waals surface area contributed by atoms with Crippen molar-refractivity contribution in [3.8, 4) is 6.07 Å². The van der Waals surface area contributed by atoms with Crippen LogP contribution in [0.2, 0.25) is 0 Å². The summed E-state index contributed by atoms with van der Waals surface area (Å²) < 4.78 is 22.2. The first-order chi connectivity index (χ1) is 8.02. The quantitative estimate of drug-likeness (QED) is 0.688. The van der Waals surface area contributed by atoms with E-state index in [1.807, 2.05) is 13.8 Å². The summed E-state index contributed by atoms with van der Waals surface area (Å²) in [7, 11) is -3.03. The van der Waals surface area contributed by atoms with Crippen molar-refractivity contribution in [1.29, 1.82) is 5.26 Å². The molecule has 1 N–H and O–H groups in total. The summed E-state index contributed by atoms with van der Waals surface area (Å²) in [6.45, 7) is 8.59. The zero-order chi connectivity index (χ0) is 14.4. The van der Waals surface area contributed by atoms with Crippen LogP contribution < -0.4 is 5.32 Å². The summed E-state index contributed by atoms with van der Waals surface area (Å²) in [4.78, 5) is 0. The van der Waals surface area contributed by atoms with E-state index in [0.29, 0.717) is 6.54 Å². The van der Waals surface area contributed by atoms with Gasteiger partial charge in [0, 0.05) is 12.8 Å². The Bertz CT molecular complexity index is 392. The molecule has 0 heterocycles. The number of unbranched alkanes of at least 4 members (excludes halogenated alkanes) is 1. The Morgan fingerprint density at radius 1 is 1.17 bits per heavy atom. The number of sulfone groups is 1. The third-order valence-corrected chi connectivity index (χ3v) is 5.41. The molecule has 0 aromatic heterocycles. The minimum Gasteiger partial charge on any atom is -0.315 e. The van der Waals surface area contributed by atoms with Crippen LogP contribution in [-0.2, 0) is 9.84 Å². The van der Waals surface area contributed by atoms with Crippen LogP contribution in [0.3, 0.4) is 0 Å². The van der Waals surface area contributed by atoms with Crippen molar-refractivity contribution in [3.63, 3.8) is 0 Å². The molecule has 0 aliphatic heterocycles. The summed E-state index contributed by atoms with van der Waals surface area (Å²) in [6, 6.07) is 2.28. The fourth-order valence-electron chi connectivity index (χ4n) is 1.39. The lowest BCUT2D eigenvalue weighted by Crippen LogP contribution is -2.41. The van der Waals surface area contributed by atoms with Gasteiger partial charge in [-0.3, -0.25) is 0 Å². The van der Waals surface area contributed by atoms with Crippen LogP contribution in [0, 0.1) is 16.7 Å². The molecule has 0 radical (unpaired) electrons. The van der Waals surface area contributed by atoms with Crippen molar-refractivity contribution in [2.75, 3.05) is 19.3 Å². The molecule has 18 heavy (non-hydrogen) atoms. The topological polar surface area (TPSA) is 70.0 Å². The Morgan fingerprint density at radius 2 is 1.72 bits per heavy atom. The number of nitrogens with one attached hydrogen (secondary N) is 1. The van der Waals surface area contributed by atoms with E-state index in [9.17, 15) is 8.42 Å². The van der Waals surface area contributed by atoms with Gasteiger partial charge in [0.1, 0.15) is 0 Å². The number of rotatable bonds is 8. The number of hydrogen-bond acceptors (Lipinski definition) is 4. The molecule has 0 aromatic carbocycles. The largest absolute Gasteiger partial charge is 0.315 e. The first-order valence-corrected chi connectivity index (χ1v) is 8.22. The maximum absolute atomic E-state index is 11.5. The predicted octanol–water partition coefficient (Wildman–Crippen LogP) is 2.12. The molecular formula is C13H26N2O2S. The van der Waals surface area contributed by atoms with Crippen molar-refractivity contribution in [3.05, 3.63) is 0 Å². The van der Waals surface area contributed by atoms with Gasteiger partial charge >= 0.3 is 0 Å². The second-order valence-corrected chi connectivity index (χ2v) is 8.81. The molecule has 0 bridgehead atoms. The second kappa shape index (κ2) is 6.53. The van der Waals surface area contributed by atoms with Crippen LogP contribution in [0.25, 0.3) is 0 Å². The summed E-state index contributed by atoms with van der Waals surface area (Å²) in [6.07, 6.45) is 4.09. The van der Waals surface area contributed by atoms with E-state index in [0.717, 1.165) is 25.8 Å². The molecule has 5 heteroatoms. The zero-order valence-corrected chi connectivity index (χ0v) is 13.0. The van der Waals surface area contributed by atoms with Crippen molar-refractivity contribution in [2.24, 2.45) is 5.41 Å². The molecule has 0 aliphatic carbocycles. The summed E-state index contributed by atoms with van der Waals surface area (Å²) in [5, 5.41) is 12.0. The van der Waals surface area contributed by atoms with Gasteiger partial charge in [-0.2, -0.15) is 5.26 Å². The molecule has 0 fully saturated rings. The van der Waals surface area contributed by atoms with E-state index in [1.54, 1.807) is 13.8 Å². The summed E-state index contributed by atoms with van der Waals surface area (Å²) in [5.74, 6) is 0. The third-order valence-electron chi connectivity index (χ3n) is 3.26. The smallest absolute Gasteiger partial charge is 0.153 e. The van der Waals surface area contributed by atoms with Crippen LogP contribution >= 0.6 is 0 Å². The molecule has 0 amide bonds. The highest BCUT2D eigenvalue weighted by Crippen LogP contribution is 2.21. The van der Waals surface area contributed by atoms with Gasteiger partial charge in [0.2, 0.25) is 0 Å². The highest BCUT2D eigenvalue weighted by Gasteiger charge is 2.29. The van der Waals surface area contributed by atoms with E-state index < -0.39 is 14.6 Å². The summed E-state index contributed by atoms with van der Waals surface area (Å²) >= 11 is 0. The summed E-state index contributed by atoms with van der Waals surface area (Å²) in [5.41, 5.74) is -0.258. The molecule has 0 aliphatic rings. The lowest BCUT2D eigenvalue weighted by atomic mass is 9.89. The Labute approximate surface area is 112 Å². The van der Waals surface area contributed by atoms with Crippen LogP contribution in [0.15, 0.2) is 0 Å². The van der Waals surface area contributed by atoms with E-state index in [2.05, 4.69) is 11.4 Å². The average Bonchev–Trinajstić information content (AvgIpc) is 2.21. The molecule has 0 atom stereocenters. The fourth-order valence-corrected chi connectivity index (χ4v) is 1.76. The van der Waals surface area contributed by atoms with Crippen molar-refractivity contribution < 1.29 is 8.42 Å².